The van der Waals surface area contributed by atoms with Crippen molar-refractivity contribution in [3.8, 4) is 5.88 Å². The van der Waals surface area contributed by atoms with Crippen LogP contribution in [0.2, 0.25) is 0 Å². The van der Waals surface area contributed by atoms with E-state index < -0.39 is 23.7 Å². The summed E-state index contributed by atoms with van der Waals surface area (Å²) in [5, 5.41) is 9.42. The van der Waals surface area contributed by atoms with Gasteiger partial charge in [0.15, 0.2) is 5.69 Å². The molecule has 0 spiro atoms. The Morgan fingerprint density at radius 3 is 2.53 bits per heavy atom. The highest BCUT2D eigenvalue weighted by Crippen LogP contribution is 2.14. The Hall–Kier alpha value is -2.51. The highest BCUT2D eigenvalue weighted by molar-refractivity contribution is 6.02. The zero-order valence-electron chi connectivity index (χ0n) is 8.49. The summed E-state index contributed by atoms with van der Waals surface area (Å²) < 4.78 is 0. The summed E-state index contributed by atoms with van der Waals surface area (Å²) in [6, 6.07) is 0.966. The molecular formula is C9H7N3O5. The molecular weight excluding hydrogens is 230 g/mol. The molecule has 1 saturated heterocycles. The van der Waals surface area contributed by atoms with Gasteiger partial charge in [-0.25, -0.2) is 14.8 Å². The maximum absolute atomic E-state index is 11.5. The van der Waals surface area contributed by atoms with Gasteiger partial charge in [0.1, 0.15) is 6.33 Å². The highest BCUT2D eigenvalue weighted by Gasteiger charge is 2.33. The number of carbonyl (C=O) groups is 3. The van der Waals surface area contributed by atoms with Gasteiger partial charge >= 0.3 is 5.97 Å². The van der Waals surface area contributed by atoms with E-state index in [1.54, 1.807) is 0 Å². The van der Waals surface area contributed by atoms with Crippen molar-refractivity contribution >= 4 is 17.8 Å². The molecule has 1 aliphatic heterocycles. The Morgan fingerprint density at radius 2 is 1.94 bits per heavy atom. The van der Waals surface area contributed by atoms with Gasteiger partial charge < -0.3 is 9.94 Å². The summed E-state index contributed by atoms with van der Waals surface area (Å²) in [5.41, 5.74) is -0.245. The minimum Gasteiger partial charge on any atom is -0.493 e. The fourth-order valence-corrected chi connectivity index (χ4v) is 1.25. The number of hydroxylamine groups is 2. The van der Waals surface area contributed by atoms with Crippen molar-refractivity contribution in [3.63, 3.8) is 0 Å². The van der Waals surface area contributed by atoms with Gasteiger partial charge in [-0.3, -0.25) is 9.59 Å². The maximum Gasteiger partial charge on any atom is 0.382 e. The van der Waals surface area contributed by atoms with Crippen molar-refractivity contribution in [1.29, 1.82) is 0 Å². The number of aromatic hydroxyl groups is 1. The Morgan fingerprint density at radius 1 is 1.29 bits per heavy atom. The van der Waals surface area contributed by atoms with Crippen LogP contribution in [0.3, 0.4) is 0 Å². The van der Waals surface area contributed by atoms with Crippen molar-refractivity contribution in [2.45, 2.75) is 12.8 Å². The summed E-state index contributed by atoms with van der Waals surface area (Å²) in [7, 11) is 0. The van der Waals surface area contributed by atoms with Gasteiger partial charge in [0, 0.05) is 18.9 Å². The zero-order chi connectivity index (χ0) is 12.4. The second-order valence-corrected chi connectivity index (χ2v) is 3.22. The quantitative estimate of drug-likeness (QED) is 0.684. The predicted octanol–water partition coefficient (Wildman–Crippen LogP) is -0.597. The molecule has 1 aromatic rings. The molecule has 2 heterocycles. The number of aromatic nitrogens is 2. The number of rotatable bonds is 2. The van der Waals surface area contributed by atoms with Crippen LogP contribution in [-0.2, 0) is 14.4 Å². The molecule has 0 aliphatic carbocycles. The molecule has 8 nitrogen and oxygen atoms in total. The van der Waals surface area contributed by atoms with Crippen LogP contribution in [0, 0.1) is 0 Å². The first-order valence-electron chi connectivity index (χ1n) is 4.67. The van der Waals surface area contributed by atoms with E-state index in [1.807, 2.05) is 0 Å². The number of hydrogen-bond acceptors (Lipinski definition) is 7. The fourth-order valence-electron chi connectivity index (χ4n) is 1.25. The molecule has 1 aromatic heterocycles. The largest absolute Gasteiger partial charge is 0.493 e. The van der Waals surface area contributed by atoms with Crippen LogP contribution < -0.4 is 0 Å². The van der Waals surface area contributed by atoms with Gasteiger partial charge in [0.05, 0.1) is 0 Å². The first-order valence-corrected chi connectivity index (χ1v) is 4.67. The predicted molar refractivity (Wildman–Crippen MR) is 50.2 cm³/mol. The molecule has 2 amide bonds. The summed E-state index contributed by atoms with van der Waals surface area (Å²) in [5.74, 6) is -2.58. The summed E-state index contributed by atoms with van der Waals surface area (Å²) in [6.07, 6.45) is 0.988. The average molecular weight is 237 g/mol. The van der Waals surface area contributed by atoms with Crippen molar-refractivity contribution in [3.05, 3.63) is 18.1 Å². The SMILES string of the molecule is O=C(ON1C(=O)CCC1=O)c1cc(O)ncn1. The third-order valence-electron chi connectivity index (χ3n) is 2.04. The molecule has 1 aliphatic rings. The van der Waals surface area contributed by atoms with E-state index in [9.17, 15) is 14.4 Å². The monoisotopic (exact) mass is 237 g/mol. The highest BCUT2D eigenvalue weighted by atomic mass is 16.7. The van der Waals surface area contributed by atoms with Gasteiger partial charge in [-0.1, -0.05) is 0 Å². The van der Waals surface area contributed by atoms with Crippen LogP contribution >= 0.6 is 0 Å². The molecule has 0 atom stereocenters. The topological polar surface area (TPSA) is 110 Å². The first-order chi connectivity index (χ1) is 8.08. The van der Waals surface area contributed by atoms with Gasteiger partial charge in [-0.2, -0.15) is 0 Å². The van der Waals surface area contributed by atoms with E-state index >= 15 is 0 Å². The molecule has 2 rings (SSSR count). The van der Waals surface area contributed by atoms with Crippen LogP contribution in [0.4, 0.5) is 0 Å². The summed E-state index contributed by atoms with van der Waals surface area (Å²) in [4.78, 5) is 45.3. The molecule has 1 fully saturated rings. The number of imide groups is 1. The second-order valence-electron chi connectivity index (χ2n) is 3.22. The molecule has 0 saturated carbocycles. The smallest absolute Gasteiger partial charge is 0.382 e. The van der Waals surface area contributed by atoms with E-state index in [-0.39, 0.29) is 18.5 Å². The van der Waals surface area contributed by atoms with Crippen molar-refractivity contribution < 1.29 is 24.3 Å². The lowest BCUT2D eigenvalue weighted by atomic mass is 10.4. The van der Waals surface area contributed by atoms with E-state index in [4.69, 9.17) is 5.11 Å². The van der Waals surface area contributed by atoms with E-state index in [0.29, 0.717) is 5.06 Å². The van der Waals surface area contributed by atoms with Crippen LogP contribution in [0.25, 0.3) is 0 Å². The lowest BCUT2D eigenvalue weighted by Gasteiger charge is -2.11. The lowest BCUT2D eigenvalue weighted by Crippen LogP contribution is -2.32. The third kappa shape index (κ3) is 2.19. The molecule has 0 unspecified atom stereocenters. The molecule has 1 N–H and O–H groups in total. The number of carbonyl (C=O) groups excluding carboxylic acids is 3. The molecule has 88 valence electrons. The lowest BCUT2D eigenvalue weighted by molar-refractivity contribution is -0.172. The molecule has 0 bridgehead atoms. The number of hydrogen-bond donors (Lipinski definition) is 1. The minimum absolute atomic E-state index is 0.0150. The molecule has 17 heavy (non-hydrogen) atoms. The van der Waals surface area contributed by atoms with Gasteiger partial charge in [0.2, 0.25) is 5.88 Å². The number of amides is 2. The van der Waals surface area contributed by atoms with Crippen LogP contribution in [-0.4, -0.2) is 37.9 Å². The molecule has 0 aromatic carbocycles. The Bertz CT molecular complexity index is 485. The van der Waals surface area contributed by atoms with E-state index in [0.717, 1.165) is 12.4 Å². The van der Waals surface area contributed by atoms with Crippen LogP contribution in [0.5, 0.6) is 5.88 Å². The van der Waals surface area contributed by atoms with Crippen molar-refractivity contribution in [2.24, 2.45) is 0 Å². The Labute approximate surface area is 94.8 Å². The second kappa shape index (κ2) is 4.16. The first kappa shape index (κ1) is 11.0. The third-order valence-corrected chi connectivity index (χ3v) is 2.04. The molecule has 0 radical (unpaired) electrons. The standard InChI is InChI=1S/C9H7N3O5/c13-6-3-5(10-4-11-6)9(16)17-12-7(14)1-2-8(12)15/h3-4H,1-2H2,(H,10,11,13). The van der Waals surface area contributed by atoms with Gasteiger partial charge in [0.25, 0.3) is 11.8 Å². The number of nitrogens with zero attached hydrogens (tertiary/aromatic N) is 3. The molecule has 8 heteroatoms. The Balaban J connectivity index is 2.12. The van der Waals surface area contributed by atoms with Crippen LogP contribution in [0.15, 0.2) is 12.4 Å². The fraction of sp³-hybridized carbons (Fsp3) is 0.222. The summed E-state index contributed by atoms with van der Waals surface area (Å²) in [6.45, 7) is 0. The van der Waals surface area contributed by atoms with Crippen molar-refractivity contribution in [2.75, 3.05) is 0 Å². The van der Waals surface area contributed by atoms with E-state index in [2.05, 4.69) is 14.8 Å². The van der Waals surface area contributed by atoms with Crippen LogP contribution in [0.1, 0.15) is 23.3 Å². The van der Waals surface area contributed by atoms with Crippen molar-refractivity contribution in [1.82, 2.24) is 15.0 Å². The average Bonchev–Trinajstić information content (AvgIpc) is 2.61. The van der Waals surface area contributed by atoms with E-state index in [1.165, 1.54) is 0 Å². The minimum atomic E-state index is -1.01. The Kier molecular flexibility index (Phi) is 2.69. The zero-order valence-corrected chi connectivity index (χ0v) is 8.49. The summed E-state index contributed by atoms with van der Waals surface area (Å²) >= 11 is 0. The maximum atomic E-state index is 11.5. The van der Waals surface area contributed by atoms with Gasteiger partial charge in [-0.15, -0.1) is 5.06 Å². The van der Waals surface area contributed by atoms with Gasteiger partial charge in [-0.05, 0) is 0 Å². The normalized spacial score (nSPS) is 15.2.